The molecule has 0 spiro atoms. The van der Waals surface area contributed by atoms with Crippen LogP contribution in [-0.4, -0.2) is 56.1 Å². The average Bonchev–Trinajstić information content (AvgIpc) is 3.29. The summed E-state index contributed by atoms with van der Waals surface area (Å²) in [5.74, 6) is 1.67. The molecular weight excluding hydrogens is 483 g/mol. The molecule has 1 aliphatic heterocycles. The van der Waals surface area contributed by atoms with Gasteiger partial charge in [0.1, 0.15) is 11.6 Å². The summed E-state index contributed by atoms with van der Waals surface area (Å²) in [6.45, 7) is 10.1. The second-order valence-corrected chi connectivity index (χ2v) is 10.6. The molecule has 202 valence electrons. The molecule has 1 aliphatic carbocycles. The van der Waals surface area contributed by atoms with E-state index in [2.05, 4.69) is 43.0 Å². The summed E-state index contributed by atoms with van der Waals surface area (Å²) < 4.78 is 15.3. The number of carbonyl (C=O) groups excluding carboxylic acids is 1. The molecule has 1 saturated carbocycles. The summed E-state index contributed by atoms with van der Waals surface area (Å²) in [4.78, 5) is 24.1. The van der Waals surface area contributed by atoms with Crippen LogP contribution in [0.1, 0.15) is 67.3 Å². The van der Waals surface area contributed by atoms with E-state index in [9.17, 15) is 4.79 Å². The number of nitrogens with zero attached hydrogens (tertiary/aromatic N) is 4. The van der Waals surface area contributed by atoms with Crippen LogP contribution >= 0.6 is 0 Å². The van der Waals surface area contributed by atoms with Gasteiger partial charge in [-0.05, 0) is 88.6 Å². The minimum absolute atomic E-state index is 0.225. The fourth-order valence-corrected chi connectivity index (χ4v) is 5.62. The number of rotatable bonds is 8. The molecule has 1 amide bonds. The van der Waals surface area contributed by atoms with Crippen LogP contribution in [0.25, 0.3) is 0 Å². The number of hydrogen-bond acceptors (Lipinski definition) is 7. The zero-order valence-electron chi connectivity index (χ0n) is 22.6. The van der Waals surface area contributed by atoms with Crippen molar-refractivity contribution in [3.63, 3.8) is 0 Å². The second kappa shape index (κ2) is 10.7. The third-order valence-electron chi connectivity index (χ3n) is 7.88. The molecule has 1 saturated heterocycles. The number of nitrogens with one attached hydrogen (secondary N) is 4. The number of amides is 1. The highest BCUT2D eigenvalue weighted by atomic mass is 19.1. The molecule has 38 heavy (non-hydrogen) atoms. The lowest BCUT2D eigenvalue weighted by Crippen LogP contribution is -2.62. The van der Waals surface area contributed by atoms with Gasteiger partial charge in [0.25, 0.3) is 0 Å². The Morgan fingerprint density at radius 1 is 1.13 bits per heavy atom. The maximum Gasteiger partial charge on any atom is 0.242 e. The number of likely N-dealkylation sites (N-methyl/N-ethyl adjacent to an activating group) is 1. The van der Waals surface area contributed by atoms with Gasteiger partial charge in [-0.2, -0.15) is 10.1 Å². The quantitative estimate of drug-likeness (QED) is 0.331. The first-order valence-electron chi connectivity index (χ1n) is 13.5. The Labute approximate surface area is 223 Å². The van der Waals surface area contributed by atoms with Gasteiger partial charge in [-0.3, -0.25) is 9.89 Å². The van der Waals surface area contributed by atoms with Crippen molar-refractivity contribution in [3.8, 4) is 0 Å². The van der Waals surface area contributed by atoms with Gasteiger partial charge in [0, 0.05) is 36.6 Å². The van der Waals surface area contributed by atoms with Gasteiger partial charge in [0.2, 0.25) is 11.9 Å². The second-order valence-electron chi connectivity index (χ2n) is 10.6. The highest BCUT2D eigenvalue weighted by molar-refractivity contribution is 5.87. The summed E-state index contributed by atoms with van der Waals surface area (Å²) in [5.41, 5.74) is 3.78. The summed E-state index contributed by atoms with van der Waals surface area (Å²) in [7, 11) is 0. The number of likely N-dealkylation sites (tertiary alicyclic amines) is 1. The molecule has 0 unspecified atom stereocenters. The first-order chi connectivity index (χ1) is 18.3. The molecule has 2 aromatic heterocycles. The van der Waals surface area contributed by atoms with Crippen molar-refractivity contribution in [2.45, 2.75) is 71.3 Å². The van der Waals surface area contributed by atoms with Crippen LogP contribution in [0.4, 0.5) is 27.7 Å². The monoisotopic (exact) mass is 520 g/mol. The molecule has 0 radical (unpaired) electrons. The van der Waals surface area contributed by atoms with Crippen LogP contribution in [-0.2, 0) is 4.79 Å². The SMILES string of the molecule is CCNC1(C(=O)N2CCC(c3cc(F)c(Nc4ncc(C)c(Nc5cc(C)[nH]n5)n4)cc3C)CC2)CCC1. The van der Waals surface area contributed by atoms with E-state index < -0.39 is 0 Å². The minimum atomic E-state index is -0.360. The van der Waals surface area contributed by atoms with Crippen LogP contribution in [0.2, 0.25) is 0 Å². The first-order valence-corrected chi connectivity index (χ1v) is 13.5. The number of aromatic amines is 1. The molecule has 5 rings (SSSR count). The lowest BCUT2D eigenvalue weighted by atomic mass is 9.75. The number of benzene rings is 1. The van der Waals surface area contributed by atoms with E-state index in [4.69, 9.17) is 0 Å². The fraction of sp³-hybridized carbons (Fsp3) is 0.500. The van der Waals surface area contributed by atoms with Gasteiger partial charge in [-0.25, -0.2) is 9.37 Å². The van der Waals surface area contributed by atoms with Gasteiger partial charge < -0.3 is 20.9 Å². The van der Waals surface area contributed by atoms with Crippen LogP contribution in [0.5, 0.6) is 0 Å². The maximum atomic E-state index is 15.3. The molecule has 10 heteroatoms. The smallest absolute Gasteiger partial charge is 0.242 e. The van der Waals surface area contributed by atoms with E-state index in [0.29, 0.717) is 36.4 Å². The summed E-state index contributed by atoms with van der Waals surface area (Å²) in [5, 5.41) is 16.7. The zero-order valence-corrected chi connectivity index (χ0v) is 22.6. The molecule has 4 N–H and O–H groups in total. The zero-order chi connectivity index (χ0) is 26.9. The third kappa shape index (κ3) is 5.22. The number of aromatic nitrogens is 4. The highest BCUT2D eigenvalue weighted by Gasteiger charge is 2.46. The predicted molar refractivity (Wildman–Crippen MR) is 147 cm³/mol. The number of anilines is 4. The molecular formula is C28H37FN8O. The molecule has 3 heterocycles. The van der Waals surface area contributed by atoms with E-state index in [1.807, 2.05) is 37.8 Å². The van der Waals surface area contributed by atoms with Crippen molar-refractivity contribution in [2.75, 3.05) is 30.3 Å². The molecule has 3 aromatic rings. The van der Waals surface area contributed by atoms with Gasteiger partial charge in [-0.1, -0.05) is 6.92 Å². The lowest BCUT2D eigenvalue weighted by Gasteiger charge is -2.45. The van der Waals surface area contributed by atoms with Crippen molar-refractivity contribution in [1.82, 2.24) is 30.4 Å². The van der Waals surface area contributed by atoms with Gasteiger partial charge in [-0.15, -0.1) is 0 Å². The number of halogens is 1. The topological polar surface area (TPSA) is 111 Å². The van der Waals surface area contributed by atoms with Gasteiger partial charge in [0.15, 0.2) is 5.82 Å². The van der Waals surface area contributed by atoms with Crippen molar-refractivity contribution in [3.05, 3.63) is 52.6 Å². The minimum Gasteiger partial charge on any atom is -0.341 e. The van der Waals surface area contributed by atoms with Crippen LogP contribution < -0.4 is 16.0 Å². The Hall–Kier alpha value is -3.53. The normalized spacial score (nSPS) is 17.2. The van der Waals surface area contributed by atoms with E-state index in [0.717, 1.165) is 61.0 Å². The molecule has 2 fully saturated rings. The summed E-state index contributed by atoms with van der Waals surface area (Å²) in [6.07, 6.45) is 6.30. The number of carbonyl (C=O) groups is 1. The van der Waals surface area contributed by atoms with Crippen molar-refractivity contribution in [2.24, 2.45) is 0 Å². The number of aryl methyl sites for hydroxylation is 3. The fourth-order valence-electron chi connectivity index (χ4n) is 5.62. The standard InChI is InChI=1S/C28H37FN8O/c1-5-31-28(9-6-10-28)26(38)37-11-7-20(8-12-37)21-15-22(29)23(13-17(21)2)32-27-30-16-18(3)25(34-27)33-24-14-19(4)35-36-24/h13-16,20,31H,5-12H2,1-4H3,(H3,30,32,33,34,35,36). The predicted octanol–water partition coefficient (Wildman–Crippen LogP) is 4.99. The number of hydrogen-bond donors (Lipinski definition) is 4. The molecule has 9 nitrogen and oxygen atoms in total. The summed E-state index contributed by atoms with van der Waals surface area (Å²) in [6, 6.07) is 5.33. The largest absolute Gasteiger partial charge is 0.341 e. The number of piperidine rings is 1. The van der Waals surface area contributed by atoms with Gasteiger partial charge >= 0.3 is 0 Å². The number of H-pyrrole nitrogens is 1. The first kappa shape index (κ1) is 26.1. The lowest BCUT2D eigenvalue weighted by molar-refractivity contribution is -0.143. The summed E-state index contributed by atoms with van der Waals surface area (Å²) >= 11 is 0. The van der Waals surface area contributed by atoms with Crippen molar-refractivity contribution >= 4 is 29.2 Å². The van der Waals surface area contributed by atoms with E-state index in [1.165, 1.54) is 0 Å². The Balaban J connectivity index is 1.25. The van der Waals surface area contributed by atoms with Crippen LogP contribution in [0.15, 0.2) is 24.4 Å². The Bertz CT molecular complexity index is 1310. The molecule has 0 atom stereocenters. The van der Waals surface area contributed by atoms with E-state index in [1.54, 1.807) is 12.3 Å². The van der Waals surface area contributed by atoms with E-state index in [-0.39, 0.29) is 23.2 Å². The van der Waals surface area contributed by atoms with Gasteiger partial charge in [0.05, 0.1) is 11.2 Å². The van der Waals surface area contributed by atoms with E-state index >= 15 is 4.39 Å². The molecule has 1 aromatic carbocycles. The van der Waals surface area contributed by atoms with Crippen molar-refractivity contribution in [1.29, 1.82) is 0 Å². The third-order valence-corrected chi connectivity index (χ3v) is 7.88. The molecule has 2 aliphatic rings. The maximum absolute atomic E-state index is 15.3. The Kier molecular flexibility index (Phi) is 7.34. The average molecular weight is 521 g/mol. The van der Waals surface area contributed by atoms with Crippen molar-refractivity contribution < 1.29 is 9.18 Å². The molecule has 0 bridgehead atoms. The highest BCUT2D eigenvalue weighted by Crippen LogP contribution is 2.37. The Morgan fingerprint density at radius 2 is 1.89 bits per heavy atom. The Morgan fingerprint density at radius 3 is 2.53 bits per heavy atom. The van der Waals surface area contributed by atoms with Crippen LogP contribution in [0.3, 0.4) is 0 Å². The van der Waals surface area contributed by atoms with Crippen LogP contribution in [0, 0.1) is 26.6 Å².